The van der Waals surface area contributed by atoms with Gasteiger partial charge in [0, 0.05) is 23.7 Å². The Bertz CT molecular complexity index is 870. The summed E-state index contributed by atoms with van der Waals surface area (Å²) in [7, 11) is 0. The van der Waals surface area contributed by atoms with Crippen LogP contribution in [0.2, 0.25) is 10.0 Å². The van der Waals surface area contributed by atoms with E-state index in [0.29, 0.717) is 21.4 Å². The van der Waals surface area contributed by atoms with Crippen molar-refractivity contribution in [3.63, 3.8) is 0 Å². The second-order valence-electron chi connectivity index (χ2n) is 6.02. The Balaban J connectivity index is 1.53. The zero-order valence-corrected chi connectivity index (χ0v) is 15.7. The van der Waals surface area contributed by atoms with E-state index in [1.807, 2.05) is 0 Å². The molecule has 1 aliphatic heterocycles. The molecule has 2 aromatic carbocycles. The molecule has 6 nitrogen and oxygen atoms in total. The topological polar surface area (TPSA) is 75.7 Å². The summed E-state index contributed by atoms with van der Waals surface area (Å²) in [6.45, 7) is -0.249. The third-order valence-electron chi connectivity index (χ3n) is 4.09. The zero-order valence-electron chi connectivity index (χ0n) is 14.2. The number of hydrogen-bond acceptors (Lipinski definition) is 4. The van der Waals surface area contributed by atoms with Gasteiger partial charge >= 0.3 is 5.97 Å². The SMILES string of the molecule is O=C(COC(=O)[C@@H]1CC(=O)N(c2ccc(Cl)cc2)C1)Nc1ccccc1Cl. The van der Waals surface area contributed by atoms with Gasteiger partial charge in [0.05, 0.1) is 16.6 Å². The van der Waals surface area contributed by atoms with E-state index in [1.165, 1.54) is 4.90 Å². The zero-order chi connectivity index (χ0) is 19.4. The van der Waals surface area contributed by atoms with E-state index in [1.54, 1.807) is 48.5 Å². The van der Waals surface area contributed by atoms with Crippen molar-refractivity contribution in [2.45, 2.75) is 6.42 Å². The van der Waals surface area contributed by atoms with Crippen molar-refractivity contribution in [3.8, 4) is 0 Å². The number of ether oxygens (including phenoxy) is 1. The number of halogens is 2. The highest BCUT2D eigenvalue weighted by atomic mass is 35.5. The summed E-state index contributed by atoms with van der Waals surface area (Å²) < 4.78 is 5.06. The van der Waals surface area contributed by atoms with E-state index in [4.69, 9.17) is 27.9 Å². The standard InChI is InChI=1S/C19H16Cl2N2O4/c20-13-5-7-14(8-6-13)23-10-12(9-18(23)25)19(26)27-11-17(24)22-16-4-2-1-3-15(16)21/h1-8,12H,9-11H2,(H,22,24)/t12-/m1/s1. The highest BCUT2D eigenvalue weighted by molar-refractivity contribution is 6.33. The maximum atomic E-state index is 12.2. The maximum Gasteiger partial charge on any atom is 0.311 e. The quantitative estimate of drug-likeness (QED) is 0.770. The molecule has 2 aromatic rings. The van der Waals surface area contributed by atoms with Crippen molar-refractivity contribution < 1.29 is 19.1 Å². The number of para-hydroxylation sites is 1. The fourth-order valence-electron chi connectivity index (χ4n) is 2.74. The Hall–Kier alpha value is -2.57. The second-order valence-corrected chi connectivity index (χ2v) is 6.86. The first-order valence-electron chi connectivity index (χ1n) is 8.21. The maximum absolute atomic E-state index is 12.2. The minimum absolute atomic E-state index is 0.0353. The lowest BCUT2D eigenvalue weighted by molar-refractivity contribution is -0.151. The van der Waals surface area contributed by atoms with Crippen LogP contribution in [0.1, 0.15) is 6.42 Å². The molecule has 1 fully saturated rings. The lowest BCUT2D eigenvalue weighted by Crippen LogP contribution is -2.28. The number of nitrogens with one attached hydrogen (secondary N) is 1. The van der Waals surface area contributed by atoms with Crippen molar-refractivity contribution in [1.29, 1.82) is 0 Å². The summed E-state index contributed by atoms with van der Waals surface area (Å²) in [5.74, 6) is -1.90. The monoisotopic (exact) mass is 406 g/mol. The van der Waals surface area contributed by atoms with E-state index in [0.717, 1.165) is 0 Å². The molecule has 0 aromatic heterocycles. The molecule has 3 rings (SSSR count). The van der Waals surface area contributed by atoms with Crippen LogP contribution in [0.4, 0.5) is 11.4 Å². The predicted octanol–water partition coefficient (Wildman–Crippen LogP) is 3.53. The van der Waals surface area contributed by atoms with Crippen LogP contribution in [-0.4, -0.2) is 30.9 Å². The van der Waals surface area contributed by atoms with E-state index >= 15 is 0 Å². The Morgan fingerprint density at radius 2 is 1.81 bits per heavy atom. The molecule has 0 bridgehead atoms. The average molecular weight is 407 g/mol. The highest BCUT2D eigenvalue weighted by Gasteiger charge is 2.36. The Morgan fingerprint density at radius 1 is 1.11 bits per heavy atom. The molecule has 1 N–H and O–H groups in total. The first kappa shape index (κ1) is 19.2. The van der Waals surface area contributed by atoms with E-state index < -0.39 is 24.4 Å². The van der Waals surface area contributed by atoms with Gasteiger partial charge in [-0.3, -0.25) is 14.4 Å². The molecular formula is C19H16Cl2N2O4. The lowest BCUT2D eigenvalue weighted by Gasteiger charge is -2.16. The molecule has 0 spiro atoms. The third-order valence-corrected chi connectivity index (χ3v) is 4.67. The number of esters is 1. The Morgan fingerprint density at radius 3 is 2.52 bits per heavy atom. The number of carbonyl (C=O) groups excluding carboxylic acids is 3. The number of anilines is 2. The molecular weight excluding hydrogens is 391 g/mol. The molecule has 1 heterocycles. The molecule has 2 amide bonds. The van der Waals surface area contributed by atoms with Gasteiger partial charge in [0.2, 0.25) is 5.91 Å². The van der Waals surface area contributed by atoms with Gasteiger partial charge in [0.15, 0.2) is 6.61 Å². The first-order valence-corrected chi connectivity index (χ1v) is 8.96. The highest BCUT2D eigenvalue weighted by Crippen LogP contribution is 2.27. The van der Waals surface area contributed by atoms with Crippen molar-refractivity contribution in [2.75, 3.05) is 23.4 Å². The molecule has 0 saturated carbocycles. The largest absolute Gasteiger partial charge is 0.455 e. The number of hydrogen-bond donors (Lipinski definition) is 1. The van der Waals surface area contributed by atoms with Crippen molar-refractivity contribution in [2.24, 2.45) is 5.92 Å². The van der Waals surface area contributed by atoms with E-state index in [2.05, 4.69) is 5.32 Å². The summed E-state index contributed by atoms with van der Waals surface area (Å²) in [5.41, 5.74) is 1.10. The molecule has 0 radical (unpaired) electrons. The third kappa shape index (κ3) is 4.78. The fourth-order valence-corrected chi connectivity index (χ4v) is 3.05. The van der Waals surface area contributed by atoms with Gasteiger partial charge in [-0.15, -0.1) is 0 Å². The molecule has 27 heavy (non-hydrogen) atoms. The van der Waals surface area contributed by atoms with Crippen molar-refractivity contribution >= 4 is 52.4 Å². The number of rotatable bonds is 5. The average Bonchev–Trinajstić information content (AvgIpc) is 3.04. The smallest absolute Gasteiger partial charge is 0.311 e. The van der Waals surface area contributed by atoms with Crippen molar-refractivity contribution in [3.05, 3.63) is 58.6 Å². The Labute approximate surface area is 166 Å². The summed E-state index contributed by atoms with van der Waals surface area (Å²) >= 11 is 11.8. The first-order chi connectivity index (χ1) is 12.9. The Kier molecular flexibility index (Phi) is 5.98. The van der Waals surface area contributed by atoms with Gasteiger partial charge < -0.3 is 15.0 Å². The van der Waals surface area contributed by atoms with Gasteiger partial charge in [-0.05, 0) is 36.4 Å². The van der Waals surface area contributed by atoms with Gasteiger partial charge in [0.25, 0.3) is 5.91 Å². The molecule has 8 heteroatoms. The molecule has 0 aliphatic carbocycles. The van der Waals surface area contributed by atoms with Crippen LogP contribution in [0.5, 0.6) is 0 Å². The van der Waals surface area contributed by atoms with Crippen LogP contribution in [0.3, 0.4) is 0 Å². The summed E-state index contributed by atoms with van der Waals surface area (Å²) in [6.07, 6.45) is 0.0353. The van der Waals surface area contributed by atoms with Crippen LogP contribution < -0.4 is 10.2 Å². The number of nitrogens with zero attached hydrogens (tertiary/aromatic N) is 1. The van der Waals surface area contributed by atoms with Crippen LogP contribution in [0.25, 0.3) is 0 Å². The molecule has 1 saturated heterocycles. The molecule has 140 valence electrons. The molecule has 0 unspecified atom stereocenters. The van der Waals surface area contributed by atoms with Crippen LogP contribution in [0.15, 0.2) is 48.5 Å². The van der Waals surface area contributed by atoms with Crippen LogP contribution in [-0.2, 0) is 19.1 Å². The van der Waals surface area contributed by atoms with Crippen LogP contribution >= 0.6 is 23.2 Å². The number of benzene rings is 2. The fraction of sp³-hybridized carbons (Fsp3) is 0.211. The minimum Gasteiger partial charge on any atom is -0.455 e. The summed E-state index contributed by atoms with van der Waals surface area (Å²) in [5, 5.41) is 3.51. The van der Waals surface area contributed by atoms with E-state index in [-0.39, 0.29) is 18.9 Å². The van der Waals surface area contributed by atoms with E-state index in [9.17, 15) is 14.4 Å². The van der Waals surface area contributed by atoms with Gasteiger partial charge in [-0.2, -0.15) is 0 Å². The van der Waals surface area contributed by atoms with Crippen LogP contribution in [0, 0.1) is 5.92 Å². The summed E-state index contributed by atoms with van der Waals surface area (Å²) in [4.78, 5) is 37.8. The normalized spacial score (nSPS) is 16.3. The van der Waals surface area contributed by atoms with Crippen molar-refractivity contribution in [1.82, 2.24) is 0 Å². The summed E-state index contributed by atoms with van der Waals surface area (Å²) in [6, 6.07) is 13.5. The van der Waals surface area contributed by atoms with Gasteiger partial charge in [-0.1, -0.05) is 35.3 Å². The molecule has 1 atom stereocenters. The minimum atomic E-state index is -0.624. The lowest BCUT2D eigenvalue weighted by atomic mass is 10.1. The second kappa shape index (κ2) is 8.41. The molecule has 1 aliphatic rings. The van der Waals surface area contributed by atoms with Gasteiger partial charge in [0.1, 0.15) is 0 Å². The van der Waals surface area contributed by atoms with Gasteiger partial charge in [-0.25, -0.2) is 0 Å². The number of amides is 2. The predicted molar refractivity (Wildman–Crippen MR) is 103 cm³/mol. The number of carbonyl (C=O) groups is 3.